The lowest BCUT2D eigenvalue weighted by Gasteiger charge is -2.12. The topological polar surface area (TPSA) is 72.2 Å². The van der Waals surface area contributed by atoms with E-state index in [2.05, 4.69) is 5.32 Å². The lowest BCUT2D eigenvalue weighted by atomic mass is 10.1. The summed E-state index contributed by atoms with van der Waals surface area (Å²) in [5.41, 5.74) is 6.87. The Morgan fingerprint density at radius 2 is 2.06 bits per heavy atom. The molecular weight excluding hydrogens is 248 g/mol. The molecule has 1 amide bonds. The maximum Gasteiger partial charge on any atom is 0.237 e. The van der Waals surface area contributed by atoms with Crippen molar-refractivity contribution in [3.63, 3.8) is 0 Å². The van der Waals surface area contributed by atoms with Gasteiger partial charge in [0.25, 0.3) is 0 Å². The summed E-state index contributed by atoms with van der Waals surface area (Å²) in [6.45, 7) is 0.529. The lowest BCUT2D eigenvalue weighted by molar-refractivity contribution is -0.122. The first kappa shape index (κ1) is 14.9. The van der Waals surface area contributed by atoms with Crippen LogP contribution in [0, 0.1) is 0 Å². The second-order valence-corrected chi connectivity index (χ2v) is 5.77. The summed E-state index contributed by atoms with van der Waals surface area (Å²) >= 11 is 0. The van der Waals surface area contributed by atoms with Gasteiger partial charge in [-0.25, -0.2) is 0 Å². The van der Waals surface area contributed by atoms with Crippen LogP contribution in [0.15, 0.2) is 30.3 Å². The van der Waals surface area contributed by atoms with E-state index < -0.39 is 16.8 Å². The summed E-state index contributed by atoms with van der Waals surface area (Å²) in [6.07, 6.45) is 2.91. The molecule has 2 atom stereocenters. The van der Waals surface area contributed by atoms with Crippen molar-refractivity contribution in [3.8, 4) is 0 Å². The van der Waals surface area contributed by atoms with Crippen molar-refractivity contribution in [2.24, 2.45) is 5.73 Å². The van der Waals surface area contributed by atoms with Gasteiger partial charge in [0.2, 0.25) is 5.91 Å². The molecule has 0 aliphatic rings. The van der Waals surface area contributed by atoms with Crippen molar-refractivity contribution in [2.45, 2.75) is 18.9 Å². The predicted octanol–water partition coefficient (Wildman–Crippen LogP) is 0.441. The van der Waals surface area contributed by atoms with Gasteiger partial charge in [0.1, 0.15) is 0 Å². The molecule has 1 aromatic carbocycles. The standard InChI is InChI=1S/C13H20N2O2S/c1-18(17)9-5-8-15-13(16)12(14)10-11-6-3-2-4-7-11/h2-4,6-7,12H,5,8-10,14H2,1H3,(H,15,16). The van der Waals surface area contributed by atoms with E-state index in [9.17, 15) is 9.00 Å². The molecule has 4 nitrogen and oxygen atoms in total. The van der Waals surface area contributed by atoms with Crippen LogP contribution in [0.4, 0.5) is 0 Å². The molecule has 0 radical (unpaired) electrons. The zero-order valence-electron chi connectivity index (χ0n) is 10.6. The first-order valence-corrected chi connectivity index (χ1v) is 7.69. The molecule has 3 N–H and O–H groups in total. The van der Waals surface area contributed by atoms with Gasteiger partial charge in [-0.2, -0.15) is 0 Å². The Hall–Kier alpha value is -1.20. The zero-order chi connectivity index (χ0) is 13.4. The second kappa shape index (κ2) is 8.00. The predicted molar refractivity (Wildman–Crippen MR) is 74.7 cm³/mol. The van der Waals surface area contributed by atoms with Crippen LogP contribution in [0.25, 0.3) is 0 Å². The van der Waals surface area contributed by atoms with Crippen LogP contribution in [-0.4, -0.2) is 34.7 Å². The van der Waals surface area contributed by atoms with E-state index in [1.54, 1.807) is 6.26 Å². The first-order valence-electron chi connectivity index (χ1n) is 5.97. The maximum atomic E-state index is 11.7. The van der Waals surface area contributed by atoms with Gasteiger partial charge in [0, 0.05) is 29.4 Å². The summed E-state index contributed by atoms with van der Waals surface area (Å²) < 4.78 is 10.8. The Bertz CT molecular complexity index is 395. The third-order valence-corrected chi connectivity index (χ3v) is 3.41. The Kier molecular flexibility index (Phi) is 6.60. The van der Waals surface area contributed by atoms with Crippen molar-refractivity contribution in [1.82, 2.24) is 5.32 Å². The van der Waals surface area contributed by atoms with E-state index >= 15 is 0 Å². The third kappa shape index (κ3) is 5.93. The molecule has 0 saturated carbocycles. The first-order chi connectivity index (χ1) is 8.59. The Morgan fingerprint density at radius 1 is 1.39 bits per heavy atom. The molecule has 18 heavy (non-hydrogen) atoms. The van der Waals surface area contributed by atoms with Crippen molar-refractivity contribution in [1.29, 1.82) is 0 Å². The van der Waals surface area contributed by atoms with Crippen molar-refractivity contribution in [2.75, 3.05) is 18.6 Å². The maximum absolute atomic E-state index is 11.7. The van der Waals surface area contributed by atoms with Gasteiger partial charge < -0.3 is 11.1 Å². The van der Waals surface area contributed by atoms with Crippen LogP contribution in [0.3, 0.4) is 0 Å². The molecule has 2 unspecified atom stereocenters. The molecule has 5 heteroatoms. The van der Waals surface area contributed by atoms with Gasteiger partial charge in [0.15, 0.2) is 0 Å². The van der Waals surface area contributed by atoms with Crippen molar-refractivity contribution < 1.29 is 9.00 Å². The van der Waals surface area contributed by atoms with Crippen LogP contribution in [-0.2, 0) is 22.0 Å². The number of carbonyl (C=O) groups is 1. The van der Waals surface area contributed by atoms with Gasteiger partial charge in [-0.05, 0) is 18.4 Å². The van der Waals surface area contributed by atoms with Gasteiger partial charge in [0.05, 0.1) is 6.04 Å². The number of benzene rings is 1. The van der Waals surface area contributed by atoms with Gasteiger partial charge in [-0.3, -0.25) is 9.00 Å². The van der Waals surface area contributed by atoms with E-state index in [0.717, 1.165) is 5.56 Å². The molecule has 0 aliphatic carbocycles. The van der Waals surface area contributed by atoms with Crippen LogP contribution < -0.4 is 11.1 Å². The normalized spacial score (nSPS) is 13.9. The summed E-state index contributed by atoms with van der Waals surface area (Å²) in [5, 5.41) is 2.76. The van der Waals surface area contributed by atoms with Crippen LogP contribution in [0.5, 0.6) is 0 Å². The second-order valence-electron chi connectivity index (χ2n) is 4.22. The quantitative estimate of drug-likeness (QED) is 0.705. The molecule has 100 valence electrons. The lowest BCUT2D eigenvalue weighted by Crippen LogP contribution is -2.42. The fourth-order valence-corrected chi connectivity index (χ4v) is 2.13. The fraction of sp³-hybridized carbons (Fsp3) is 0.462. The molecule has 0 fully saturated rings. The molecule has 1 rings (SSSR count). The molecule has 0 aliphatic heterocycles. The fourth-order valence-electron chi connectivity index (χ4n) is 1.58. The van der Waals surface area contributed by atoms with Crippen LogP contribution in [0.2, 0.25) is 0 Å². The van der Waals surface area contributed by atoms with Gasteiger partial charge >= 0.3 is 0 Å². The van der Waals surface area contributed by atoms with E-state index in [4.69, 9.17) is 5.73 Å². The SMILES string of the molecule is CS(=O)CCCNC(=O)C(N)Cc1ccccc1. The highest BCUT2D eigenvalue weighted by molar-refractivity contribution is 7.84. The average molecular weight is 268 g/mol. The van der Waals surface area contributed by atoms with E-state index in [1.165, 1.54) is 0 Å². The molecule has 1 aromatic rings. The molecule has 0 saturated heterocycles. The van der Waals surface area contributed by atoms with Crippen molar-refractivity contribution >= 4 is 16.7 Å². The number of amides is 1. The van der Waals surface area contributed by atoms with Crippen LogP contribution >= 0.6 is 0 Å². The smallest absolute Gasteiger partial charge is 0.237 e. The Morgan fingerprint density at radius 3 is 2.67 bits per heavy atom. The minimum atomic E-state index is -0.805. The van der Waals surface area contributed by atoms with E-state index in [-0.39, 0.29) is 5.91 Å². The minimum absolute atomic E-state index is 0.152. The molecule has 0 bridgehead atoms. The summed E-state index contributed by atoms with van der Waals surface area (Å²) in [7, 11) is -0.805. The highest BCUT2D eigenvalue weighted by Gasteiger charge is 2.13. The third-order valence-electron chi connectivity index (χ3n) is 2.54. The molecular formula is C13H20N2O2S. The Labute approximate surface area is 110 Å². The number of rotatable bonds is 7. The number of hydrogen-bond donors (Lipinski definition) is 2. The van der Waals surface area contributed by atoms with E-state index in [0.29, 0.717) is 25.1 Å². The highest BCUT2D eigenvalue weighted by Crippen LogP contribution is 2.01. The monoisotopic (exact) mass is 268 g/mol. The van der Waals surface area contributed by atoms with Crippen molar-refractivity contribution in [3.05, 3.63) is 35.9 Å². The van der Waals surface area contributed by atoms with Gasteiger partial charge in [-0.15, -0.1) is 0 Å². The summed E-state index contributed by atoms with van der Waals surface area (Å²) in [4.78, 5) is 11.7. The van der Waals surface area contributed by atoms with Gasteiger partial charge in [-0.1, -0.05) is 30.3 Å². The molecule has 0 aromatic heterocycles. The number of carbonyl (C=O) groups excluding carboxylic acids is 1. The van der Waals surface area contributed by atoms with E-state index in [1.807, 2.05) is 30.3 Å². The minimum Gasteiger partial charge on any atom is -0.355 e. The number of hydrogen-bond acceptors (Lipinski definition) is 3. The number of nitrogens with two attached hydrogens (primary N) is 1. The molecule has 0 heterocycles. The highest BCUT2D eigenvalue weighted by atomic mass is 32.2. The van der Waals surface area contributed by atoms with Crippen LogP contribution in [0.1, 0.15) is 12.0 Å². The largest absolute Gasteiger partial charge is 0.355 e. The summed E-state index contributed by atoms with van der Waals surface area (Å²) in [6, 6.07) is 9.16. The average Bonchev–Trinajstić information content (AvgIpc) is 2.35. The number of nitrogens with one attached hydrogen (secondary N) is 1. The summed E-state index contributed by atoms with van der Waals surface area (Å²) in [5.74, 6) is 0.453. The zero-order valence-corrected chi connectivity index (χ0v) is 11.4. The molecule has 0 spiro atoms. The Balaban J connectivity index is 2.27.